The van der Waals surface area contributed by atoms with Crippen LogP contribution in [0, 0.1) is 6.92 Å². The number of aromatic nitrogens is 1. The highest BCUT2D eigenvalue weighted by Crippen LogP contribution is 2.24. The first-order valence-electron chi connectivity index (χ1n) is 10.7. The molecule has 0 aliphatic carbocycles. The van der Waals surface area contributed by atoms with E-state index in [2.05, 4.69) is 15.4 Å². The summed E-state index contributed by atoms with van der Waals surface area (Å²) in [6, 6.07) is 18.2. The van der Waals surface area contributed by atoms with Crippen LogP contribution in [-0.2, 0) is 0 Å². The van der Waals surface area contributed by atoms with E-state index >= 15 is 0 Å². The molecule has 32 heavy (non-hydrogen) atoms. The third-order valence-electron chi connectivity index (χ3n) is 5.32. The van der Waals surface area contributed by atoms with Gasteiger partial charge >= 0.3 is 0 Å². The number of carbonyl (C=O) groups excluding carboxylic acids is 2. The minimum Gasteiger partial charge on any atom is -0.457 e. The highest BCUT2D eigenvalue weighted by Gasteiger charge is 2.24. The first-order valence-corrected chi connectivity index (χ1v) is 10.7. The second-order valence-corrected chi connectivity index (χ2v) is 7.62. The molecule has 0 saturated carbocycles. The number of aryl methyl sites for hydroxylation is 1. The molecule has 2 amide bonds. The standard InChI is InChI=1S/C24H26N4O4/c1-18-17-21(26-32-18)24(30)28-15-13-27(14-16-28)12-11-25-23(29)20-9-5-6-10-22(20)31-19-7-3-2-4-8-19/h2-10,17H,11-16H2,1H3,(H,25,29). The summed E-state index contributed by atoms with van der Waals surface area (Å²) in [5.41, 5.74) is 0.842. The highest BCUT2D eigenvalue weighted by molar-refractivity contribution is 5.97. The topological polar surface area (TPSA) is 87.9 Å². The monoisotopic (exact) mass is 434 g/mol. The molecule has 1 aliphatic rings. The number of nitrogens with zero attached hydrogens (tertiary/aromatic N) is 3. The lowest BCUT2D eigenvalue weighted by Crippen LogP contribution is -2.50. The van der Waals surface area contributed by atoms with E-state index in [4.69, 9.17) is 9.26 Å². The molecule has 0 radical (unpaired) electrons. The Morgan fingerprint density at radius 1 is 1.03 bits per heavy atom. The van der Waals surface area contributed by atoms with E-state index in [9.17, 15) is 9.59 Å². The van der Waals surface area contributed by atoms with Crippen LogP contribution in [0.2, 0.25) is 0 Å². The summed E-state index contributed by atoms with van der Waals surface area (Å²) < 4.78 is 10.9. The Hall–Kier alpha value is -3.65. The number of nitrogens with one attached hydrogen (secondary N) is 1. The molecular weight excluding hydrogens is 408 g/mol. The van der Waals surface area contributed by atoms with Gasteiger partial charge in [0.2, 0.25) is 0 Å². The lowest BCUT2D eigenvalue weighted by Gasteiger charge is -2.34. The number of piperazine rings is 1. The van der Waals surface area contributed by atoms with Crippen LogP contribution in [0.4, 0.5) is 0 Å². The van der Waals surface area contributed by atoms with Crippen LogP contribution in [0.1, 0.15) is 26.6 Å². The molecule has 166 valence electrons. The van der Waals surface area contributed by atoms with E-state index < -0.39 is 0 Å². The van der Waals surface area contributed by atoms with Gasteiger partial charge in [-0.1, -0.05) is 35.5 Å². The average molecular weight is 434 g/mol. The lowest BCUT2D eigenvalue weighted by atomic mass is 10.2. The van der Waals surface area contributed by atoms with E-state index in [1.165, 1.54) is 0 Å². The van der Waals surface area contributed by atoms with Gasteiger partial charge in [-0.3, -0.25) is 14.5 Å². The molecule has 1 N–H and O–H groups in total. The number of ether oxygens (including phenoxy) is 1. The van der Waals surface area contributed by atoms with Gasteiger partial charge < -0.3 is 19.5 Å². The van der Waals surface area contributed by atoms with Crippen LogP contribution in [0.3, 0.4) is 0 Å². The van der Waals surface area contributed by atoms with Gasteiger partial charge in [0.15, 0.2) is 5.69 Å². The maximum Gasteiger partial charge on any atom is 0.276 e. The molecule has 1 aliphatic heterocycles. The first kappa shape index (κ1) is 21.6. The van der Waals surface area contributed by atoms with Crippen molar-refractivity contribution in [1.29, 1.82) is 0 Å². The van der Waals surface area contributed by atoms with E-state index in [0.29, 0.717) is 54.7 Å². The third-order valence-corrected chi connectivity index (χ3v) is 5.32. The molecule has 8 nitrogen and oxygen atoms in total. The summed E-state index contributed by atoms with van der Waals surface area (Å²) in [7, 11) is 0. The van der Waals surface area contributed by atoms with Crippen LogP contribution in [0.15, 0.2) is 65.2 Å². The summed E-state index contributed by atoms with van der Waals surface area (Å²) >= 11 is 0. The van der Waals surface area contributed by atoms with Gasteiger partial charge in [-0.15, -0.1) is 0 Å². The normalized spacial score (nSPS) is 14.2. The molecule has 8 heteroatoms. The lowest BCUT2D eigenvalue weighted by molar-refractivity contribution is 0.0628. The number of para-hydroxylation sites is 2. The number of hydrogen-bond acceptors (Lipinski definition) is 6. The fourth-order valence-corrected chi connectivity index (χ4v) is 3.59. The van der Waals surface area contributed by atoms with Gasteiger partial charge in [0.25, 0.3) is 11.8 Å². The Balaban J connectivity index is 1.24. The molecule has 1 fully saturated rings. The number of amides is 2. The van der Waals surface area contributed by atoms with Crippen molar-refractivity contribution in [2.75, 3.05) is 39.3 Å². The zero-order chi connectivity index (χ0) is 22.3. The van der Waals surface area contributed by atoms with Crippen LogP contribution < -0.4 is 10.1 Å². The number of hydrogen-bond donors (Lipinski definition) is 1. The fraction of sp³-hybridized carbons (Fsp3) is 0.292. The van der Waals surface area contributed by atoms with Crippen LogP contribution in [0.25, 0.3) is 0 Å². The SMILES string of the molecule is Cc1cc(C(=O)N2CCN(CCNC(=O)c3ccccc3Oc3ccccc3)CC2)no1. The predicted octanol–water partition coefficient (Wildman–Crippen LogP) is 2.96. The van der Waals surface area contributed by atoms with E-state index in [1.54, 1.807) is 30.0 Å². The van der Waals surface area contributed by atoms with E-state index in [-0.39, 0.29) is 11.8 Å². The molecule has 2 aromatic carbocycles. The van der Waals surface area contributed by atoms with E-state index in [1.807, 2.05) is 42.5 Å². The Bertz CT molecular complexity index is 1060. The largest absolute Gasteiger partial charge is 0.457 e. The maximum absolute atomic E-state index is 12.7. The Morgan fingerprint density at radius 2 is 1.75 bits per heavy atom. The summed E-state index contributed by atoms with van der Waals surface area (Å²) in [4.78, 5) is 29.2. The third kappa shape index (κ3) is 5.33. The minimum absolute atomic E-state index is 0.107. The molecule has 2 heterocycles. The van der Waals surface area contributed by atoms with Crippen molar-refractivity contribution in [3.8, 4) is 11.5 Å². The smallest absolute Gasteiger partial charge is 0.276 e. The molecule has 0 unspecified atom stereocenters. The second kappa shape index (κ2) is 10.1. The minimum atomic E-state index is -0.174. The predicted molar refractivity (Wildman–Crippen MR) is 119 cm³/mol. The Morgan fingerprint density at radius 3 is 2.47 bits per heavy atom. The first-order chi connectivity index (χ1) is 15.6. The number of carbonyl (C=O) groups is 2. The van der Waals surface area contributed by atoms with Crippen molar-refractivity contribution in [2.24, 2.45) is 0 Å². The fourth-order valence-electron chi connectivity index (χ4n) is 3.59. The zero-order valence-electron chi connectivity index (χ0n) is 18.0. The van der Waals surface area contributed by atoms with Gasteiger partial charge in [-0.25, -0.2) is 0 Å². The van der Waals surface area contributed by atoms with Crippen LogP contribution >= 0.6 is 0 Å². The van der Waals surface area contributed by atoms with Gasteiger partial charge in [0, 0.05) is 45.3 Å². The maximum atomic E-state index is 12.7. The summed E-state index contributed by atoms with van der Waals surface area (Å²) in [6.45, 7) is 5.70. The second-order valence-electron chi connectivity index (χ2n) is 7.62. The van der Waals surface area contributed by atoms with Gasteiger partial charge in [0.05, 0.1) is 5.56 Å². The summed E-state index contributed by atoms with van der Waals surface area (Å²) in [6.07, 6.45) is 0. The average Bonchev–Trinajstić information content (AvgIpc) is 3.26. The quantitative estimate of drug-likeness (QED) is 0.615. The van der Waals surface area contributed by atoms with Crippen LogP contribution in [0.5, 0.6) is 11.5 Å². The van der Waals surface area contributed by atoms with Crippen molar-refractivity contribution < 1.29 is 18.8 Å². The molecule has 4 rings (SSSR count). The van der Waals surface area contributed by atoms with Crippen molar-refractivity contribution in [3.05, 3.63) is 77.7 Å². The summed E-state index contributed by atoms with van der Waals surface area (Å²) in [5.74, 6) is 1.54. The van der Waals surface area contributed by atoms with Gasteiger partial charge in [-0.2, -0.15) is 0 Å². The molecule has 0 bridgehead atoms. The van der Waals surface area contributed by atoms with Crippen molar-refractivity contribution in [1.82, 2.24) is 20.3 Å². The van der Waals surface area contributed by atoms with Gasteiger partial charge in [0.1, 0.15) is 17.3 Å². The molecule has 1 saturated heterocycles. The molecular formula is C24H26N4O4. The van der Waals surface area contributed by atoms with Gasteiger partial charge in [-0.05, 0) is 31.2 Å². The molecule has 0 spiro atoms. The molecule has 1 aromatic heterocycles. The van der Waals surface area contributed by atoms with Crippen molar-refractivity contribution in [3.63, 3.8) is 0 Å². The highest BCUT2D eigenvalue weighted by atomic mass is 16.5. The van der Waals surface area contributed by atoms with Crippen molar-refractivity contribution >= 4 is 11.8 Å². The Labute approximate surface area is 186 Å². The van der Waals surface area contributed by atoms with Crippen LogP contribution in [-0.4, -0.2) is 66.0 Å². The number of rotatable bonds is 7. The Kier molecular flexibility index (Phi) is 6.81. The molecule has 3 aromatic rings. The van der Waals surface area contributed by atoms with E-state index in [0.717, 1.165) is 13.1 Å². The zero-order valence-corrected chi connectivity index (χ0v) is 18.0. The molecule has 0 atom stereocenters. The number of benzene rings is 2. The van der Waals surface area contributed by atoms with Crippen molar-refractivity contribution in [2.45, 2.75) is 6.92 Å². The summed E-state index contributed by atoms with van der Waals surface area (Å²) in [5, 5.41) is 6.78.